The number of anilines is 1. The third-order valence-corrected chi connectivity index (χ3v) is 4.12. The molecule has 26 heavy (non-hydrogen) atoms. The lowest BCUT2D eigenvalue weighted by atomic mass is 10.2. The SMILES string of the molecule is CC(OC(=O)CCc1cccs1)C(=O)Nc1ccc(OC(F)(F)F)cc1. The number of thiophene rings is 1. The third-order valence-electron chi connectivity index (χ3n) is 3.19. The van der Waals surface area contributed by atoms with E-state index in [1.54, 1.807) is 0 Å². The predicted molar refractivity (Wildman–Crippen MR) is 89.9 cm³/mol. The largest absolute Gasteiger partial charge is 0.573 e. The molecule has 1 atom stereocenters. The van der Waals surface area contributed by atoms with Crippen LogP contribution in [-0.2, 0) is 20.7 Å². The van der Waals surface area contributed by atoms with Gasteiger partial charge in [0.25, 0.3) is 5.91 Å². The van der Waals surface area contributed by atoms with E-state index < -0.39 is 30.1 Å². The Morgan fingerprint density at radius 2 is 1.88 bits per heavy atom. The molecule has 1 unspecified atom stereocenters. The van der Waals surface area contributed by atoms with E-state index >= 15 is 0 Å². The lowest BCUT2D eigenvalue weighted by Crippen LogP contribution is -2.30. The van der Waals surface area contributed by atoms with Crippen LogP contribution in [0.25, 0.3) is 0 Å². The topological polar surface area (TPSA) is 64.6 Å². The normalized spacial score (nSPS) is 12.3. The van der Waals surface area contributed by atoms with Gasteiger partial charge >= 0.3 is 12.3 Å². The molecule has 2 aromatic rings. The van der Waals surface area contributed by atoms with E-state index in [0.717, 1.165) is 17.0 Å². The van der Waals surface area contributed by atoms with Crippen molar-refractivity contribution in [2.75, 3.05) is 5.32 Å². The Kier molecular flexibility index (Phi) is 6.62. The second-order valence-electron chi connectivity index (χ2n) is 5.27. The molecule has 1 heterocycles. The Bertz CT molecular complexity index is 729. The zero-order chi connectivity index (χ0) is 19.2. The van der Waals surface area contributed by atoms with Crippen molar-refractivity contribution < 1.29 is 32.2 Å². The molecule has 0 aliphatic heterocycles. The first-order valence-electron chi connectivity index (χ1n) is 7.61. The summed E-state index contributed by atoms with van der Waals surface area (Å²) in [7, 11) is 0. The van der Waals surface area contributed by atoms with Gasteiger partial charge in [-0.15, -0.1) is 24.5 Å². The maximum absolute atomic E-state index is 12.1. The summed E-state index contributed by atoms with van der Waals surface area (Å²) in [6.45, 7) is 1.42. The average Bonchev–Trinajstić information content (AvgIpc) is 3.07. The van der Waals surface area contributed by atoms with E-state index in [4.69, 9.17) is 4.74 Å². The molecule has 1 amide bonds. The van der Waals surface area contributed by atoms with Gasteiger partial charge in [-0.1, -0.05) is 6.07 Å². The van der Waals surface area contributed by atoms with Gasteiger partial charge in [0.15, 0.2) is 6.10 Å². The molecule has 0 aliphatic carbocycles. The highest BCUT2D eigenvalue weighted by atomic mass is 32.1. The molecule has 0 radical (unpaired) electrons. The van der Waals surface area contributed by atoms with Crippen LogP contribution in [0.3, 0.4) is 0 Å². The maximum Gasteiger partial charge on any atom is 0.573 e. The van der Waals surface area contributed by atoms with Crippen molar-refractivity contribution in [3.63, 3.8) is 0 Å². The van der Waals surface area contributed by atoms with Gasteiger partial charge in [0, 0.05) is 10.6 Å². The first-order valence-corrected chi connectivity index (χ1v) is 8.49. The van der Waals surface area contributed by atoms with Crippen molar-refractivity contribution in [3.05, 3.63) is 46.7 Å². The number of carbonyl (C=O) groups excluding carboxylic acids is 2. The molecule has 0 bridgehead atoms. The Balaban J connectivity index is 1.79. The van der Waals surface area contributed by atoms with Gasteiger partial charge in [-0.05, 0) is 49.1 Å². The van der Waals surface area contributed by atoms with Crippen molar-refractivity contribution in [1.29, 1.82) is 0 Å². The summed E-state index contributed by atoms with van der Waals surface area (Å²) in [4.78, 5) is 24.8. The standard InChI is InChI=1S/C17H16F3NO4S/c1-11(24-15(22)9-8-14-3-2-10-26-14)16(23)21-12-4-6-13(7-5-12)25-17(18,19)20/h2-7,10-11H,8-9H2,1H3,(H,21,23). The number of benzene rings is 1. The van der Waals surface area contributed by atoms with Gasteiger partial charge in [0.05, 0.1) is 6.42 Å². The first-order chi connectivity index (χ1) is 12.2. The van der Waals surface area contributed by atoms with Crippen LogP contribution in [0.15, 0.2) is 41.8 Å². The summed E-state index contributed by atoms with van der Waals surface area (Å²) in [5, 5.41) is 4.36. The number of alkyl halides is 3. The number of carbonyl (C=O) groups is 2. The molecule has 1 N–H and O–H groups in total. The summed E-state index contributed by atoms with van der Waals surface area (Å²) in [5.74, 6) is -1.49. The van der Waals surface area contributed by atoms with E-state index in [0.29, 0.717) is 6.42 Å². The molecular weight excluding hydrogens is 371 g/mol. The summed E-state index contributed by atoms with van der Waals surface area (Å²) in [6.07, 6.45) is -5.12. The van der Waals surface area contributed by atoms with Gasteiger partial charge in [0.2, 0.25) is 0 Å². The van der Waals surface area contributed by atoms with Crippen molar-refractivity contribution in [2.24, 2.45) is 0 Å². The quantitative estimate of drug-likeness (QED) is 0.725. The molecule has 0 saturated carbocycles. The molecule has 5 nitrogen and oxygen atoms in total. The number of nitrogens with one attached hydrogen (secondary N) is 1. The molecule has 140 valence electrons. The van der Waals surface area contributed by atoms with Crippen LogP contribution in [0.5, 0.6) is 5.75 Å². The van der Waals surface area contributed by atoms with Crippen LogP contribution in [0, 0.1) is 0 Å². The Labute approximate surface area is 151 Å². The smallest absolute Gasteiger partial charge is 0.453 e. The first kappa shape index (κ1) is 19.8. The molecule has 0 aliphatic rings. The van der Waals surface area contributed by atoms with Crippen LogP contribution in [-0.4, -0.2) is 24.3 Å². The second-order valence-corrected chi connectivity index (χ2v) is 6.31. The molecular formula is C17H16F3NO4S. The minimum Gasteiger partial charge on any atom is -0.453 e. The van der Waals surface area contributed by atoms with Crippen LogP contribution in [0.2, 0.25) is 0 Å². The summed E-state index contributed by atoms with van der Waals surface area (Å²) < 4.78 is 45.1. The van der Waals surface area contributed by atoms with Crippen LogP contribution < -0.4 is 10.1 Å². The summed E-state index contributed by atoms with van der Waals surface area (Å²) in [6, 6.07) is 8.43. The van der Waals surface area contributed by atoms with Crippen molar-refractivity contribution in [1.82, 2.24) is 0 Å². The van der Waals surface area contributed by atoms with Crippen LogP contribution >= 0.6 is 11.3 Å². The van der Waals surface area contributed by atoms with E-state index in [1.807, 2.05) is 17.5 Å². The Hall–Kier alpha value is -2.55. The molecule has 1 aromatic carbocycles. The van der Waals surface area contributed by atoms with Crippen molar-refractivity contribution in [2.45, 2.75) is 32.2 Å². The highest BCUT2D eigenvalue weighted by molar-refractivity contribution is 7.09. The number of aryl methyl sites for hydroxylation is 1. The number of esters is 1. The fourth-order valence-corrected chi connectivity index (χ4v) is 2.68. The zero-order valence-electron chi connectivity index (χ0n) is 13.7. The molecule has 2 rings (SSSR count). The summed E-state index contributed by atoms with van der Waals surface area (Å²) >= 11 is 1.53. The Morgan fingerprint density at radius 3 is 2.46 bits per heavy atom. The fraction of sp³-hybridized carbons (Fsp3) is 0.294. The maximum atomic E-state index is 12.1. The predicted octanol–water partition coefficient (Wildman–Crippen LogP) is 4.15. The fourth-order valence-electron chi connectivity index (χ4n) is 1.97. The molecule has 0 spiro atoms. The van der Waals surface area contributed by atoms with E-state index in [1.165, 1.54) is 30.4 Å². The van der Waals surface area contributed by atoms with Crippen molar-refractivity contribution in [3.8, 4) is 5.75 Å². The van der Waals surface area contributed by atoms with Crippen LogP contribution in [0.4, 0.5) is 18.9 Å². The lowest BCUT2D eigenvalue weighted by molar-refractivity contribution is -0.274. The van der Waals surface area contributed by atoms with Gasteiger partial charge < -0.3 is 14.8 Å². The average molecular weight is 387 g/mol. The van der Waals surface area contributed by atoms with Gasteiger partial charge in [-0.2, -0.15) is 0 Å². The molecule has 0 saturated heterocycles. The minimum atomic E-state index is -4.78. The lowest BCUT2D eigenvalue weighted by Gasteiger charge is -2.14. The number of hydrogen-bond acceptors (Lipinski definition) is 5. The molecule has 0 fully saturated rings. The highest BCUT2D eigenvalue weighted by Crippen LogP contribution is 2.24. The number of hydrogen-bond donors (Lipinski definition) is 1. The van der Waals surface area contributed by atoms with Gasteiger partial charge in [0.1, 0.15) is 5.75 Å². The number of rotatable bonds is 7. The van der Waals surface area contributed by atoms with E-state index in [9.17, 15) is 22.8 Å². The van der Waals surface area contributed by atoms with E-state index in [2.05, 4.69) is 10.1 Å². The van der Waals surface area contributed by atoms with Crippen LogP contribution in [0.1, 0.15) is 18.2 Å². The zero-order valence-corrected chi connectivity index (χ0v) is 14.5. The third kappa shape index (κ3) is 6.75. The second kappa shape index (κ2) is 8.70. The van der Waals surface area contributed by atoms with Gasteiger partial charge in [-0.3, -0.25) is 9.59 Å². The van der Waals surface area contributed by atoms with E-state index in [-0.39, 0.29) is 12.1 Å². The number of ether oxygens (including phenoxy) is 2. The molecule has 9 heteroatoms. The minimum absolute atomic E-state index is 0.154. The monoisotopic (exact) mass is 387 g/mol. The number of halogens is 3. The highest BCUT2D eigenvalue weighted by Gasteiger charge is 2.31. The molecule has 1 aromatic heterocycles. The van der Waals surface area contributed by atoms with Gasteiger partial charge in [-0.25, -0.2) is 0 Å². The van der Waals surface area contributed by atoms with Crippen molar-refractivity contribution >= 4 is 28.9 Å². The summed E-state index contributed by atoms with van der Waals surface area (Å²) in [5.41, 5.74) is 0.256. The Morgan fingerprint density at radius 1 is 1.19 bits per heavy atom. The number of amides is 1.